The Morgan fingerprint density at radius 1 is 0.967 bits per heavy atom. The van der Waals surface area contributed by atoms with Crippen molar-refractivity contribution < 1.29 is 4.39 Å². The lowest BCUT2D eigenvalue weighted by molar-refractivity contribution is 0.640. The molecule has 0 amide bonds. The minimum Gasteiger partial charge on any atom is -0.397 e. The molecule has 5 N–H and O–H groups in total. The number of nitrogens with zero attached hydrogens (tertiary/aromatic N) is 1. The second kappa shape index (κ2) is 7.04. The number of para-hydroxylation sites is 1. The molecule has 0 aliphatic carbocycles. The summed E-state index contributed by atoms with van der Waals surface area (Å²) in [6, 6.07) is 20.2. The number of aromatic nitrogens is 3. The topological polar surface area (TPSA) is 99.6 Å². The Hall–Kier alpha value is -4.13. The molecule has 0 unspecified atom stereocenters. The molecule has 6 nitrogen and oxygen atoms in total. The first-order chi connectivity index (χ1) is 14.6. The smallest absolute Gasteiger partial charge is 0.261 e. The van der Waals surface area contributed by atoms with E-state index in [0.29, 0.717) is 23.4 Å². The number of nitrogens with one attached hydrogen (secondary N) is 3. The minimum absolute atomic E-state index is 0.0665. The molecule has 5 rings (SSSR count). The fourth-order valence-corrected chi connectivity index (χ4v) is 3.61. The Morgan fingerprint density at radius 3 is 2.63 bits per heavy atom. The monoisotopic (exact) mass is 399 g/mol. The molecular formula is C23H18FN5O. The van der Waals surface area contributed by atoms with E-state index in [0.717, 1.165) is 16.8 Å². The van der Waals surface area contributed by atoms with Crippen molar-refractivity contribution in [2.45, 2.75) is 6.54 Å². The Kier molecular flexibility index (Phi) is 4.21. The van der Waals surface area contributed by atoms with E-state index in [1.165, 1.54) is 12.1 Å². The van der Waals surface area contributed by atoms with E-state index < -0.39 is 11.4 Å². The van der Waals surface area contributed by atoms with Gasteiger partial charge in [-0.2, -0.15) is 0 Å². The summed E-state index contributed by atoms with van der Waals surface area (Å²) in [7, 11) is 0. The molecule has 0 aliphatic heterocycles. The number of imidazole rings is 1. The van der Waals surface area contributed by atoms with Crippen molar-refractivity contribution >= 4 is 33.3 Å². The minimum atomic E-state index is -0.493. The Balaban J connectivity index is 1.54. The van der Waals surface area contributed by atoms with Gasteiger partial charge in [-0.05, 0) is 42.0 Å². The number of benzene rings is 3. The fraction of sp³-hybridized carbons (Fsp3) is 0.0435. The zero-order valence-corrected chi connectivity index (χ0v) is 15.9. The Labute approximate surface area is 170 Å². The van der Waals surface area contributed by atoms with Crippen LogP contribution in [0.15, 0.2) is 71.5 Å². The first-order valence-electron chi connectivity index (χ1n) is 9.48. The maximum absolute atomic E-state index is 14.3. The molecule has 7 heteroatoms. The quantitative estimate of drug-likeness (QED) is 0.360. The van der Waals surface area contributed by atoms with Crippen LogP contribution in [-0.2, 0) is 6.54 Å². The predicted octanol–water partition coefficient (Wildman–Crippen LogP) is 4.40. The average molecular weight is 399 g/mol. The molecule has 0 atom stereocenters. The number of anilines is 2. The number of fused-ring (bicyclic) bond motifs is 2. The summed E-state index contributed by atoms with van der Waals surface area (Å²) in [5, 5.41) is 3.54. The van der Waals surface area contributed by atoms with Crippen LogP contribution in [0.1, 0.15) is 5.56 Å². The maximum atomic E-state index is 14.3. The molecule has 0 saturated carbocycles. The van der Waals surface area contributed by atoms with Gasteiger partial charge in [0.1, 0.15) is 17.2 Å². The summed E-state index contributed by atoms with van der Waals surface area (Å²) >= 11 is 0. The van der Waals surface area contributed by atoms with Gasteiger partial charge in [0.2, 0.25) is 0 Å². The molecule has 2 heterocycles. The van der Waals surface area contributed by atoms with Crippen molar-refractivity contribution in [3.05, 3.63) is 88.5 Å². The van der Waals surface area contributed by atoms with E-state index in [9.17, 15) is 9.18 Å². The van der Waals surface area contributed by atoms with Gasteiger partial charge >= 0.3 is 0 Å². The lowest BCUT2D eigenvalue weighted by Crippen LogP contribution is -2.13. The largest absolute Gasteiger partial charge is 0.397 e. The number of H-pyrrole nitrogens is 2. The molecule has 5 aromatic rings. The van der Waals surface area contributed by atoms with Crippen molar-refractivity contribution in [1.82, 2.24) is 15.0 Å². The van der Waals surface area contributed by atoms with Gasteiger partial charge in [-0.1, -0.05) is 30.3 Å². The van der Waals surface area contributed by atoms with Gasteiger partial charge in [-0.3, -0.25) is 4.79 Å². The molecular weight excluding hydrogens is 381 g/mol. The first-order valence-corrected chi connectivity index (χ1v) is 9.48. The molecule has 0 bridgehead atoms. The van der Waals surface area contributed by atoms with Gasteiger partial charge < -0.3 is 21.0 Å². The highest BCUT2D eigenvalue weighted by Gasteiger charge is 2.18. The maximum Gasteiger partial charge on any atom is 0.261 e. The van der Waals surface area contributed by atoms with Crippen LogP contribution >= 0.6 is 0 Å². The number of hydrogen-bond donors (Lipinski definition) is 4. The van der Waals surface area contributed by atoms with Crippen LogP contribution < -0.4 is 16.6 Å². The van der Waals surface area contributed by atoms with E-state index in [2.05, 4.69) is 20.3 Å². The highest BCUT2D eigenvalue weighted by molar-refractivity contribution is 5.98. The van der Waals surface area contributed by atoms with Gasteiger partial charge in [0.05, 0.1) is 27.6 Å². The lowest BCUT2D eigenvalue weighted by Gasteiger charge is -2.07. The zero-order valence-electron chi connectivity index (χ0n) is 15.9. The third-order valence-electron chi connectivity index (χ3n) is 5.08. The van der Waals surface area contributed by atoms with Crippen LogP contribution in [0.4, 0.5) is 15.8 Å². The molecule has 0 spiro atoms. The average Bonchev–Trinajstić information content (AvgIpc) is 3.15. The molecule has 2 aromatic heterocycles. The third-order valence-corrected chi connectivity index (χ3v) is 5.08. The Morgan fingerprint density at radius 2 is 1.80 bits per heavy atom. The van der Waals surface area contributed by atoms with Crippen LogP contribution in [0.5, 0.6) is 0 Å². The number of nitrogens with two attached hydrogens (primary N) is 1. The van der Waals surface area contributed by atoms with Crippen LogP contribution in [0.3, 0.4) is 0 Å². The van der Waals surface area contributed by atoms with Gasteiger partial charge in [-0.15, -0.1) is 0 Å². The normalized spacial score (nSPS) is 11.2. The number of nitrogen functional groups attached to an aromatic ring is 1. The fourth-order valence-electron chi connectivity index (χ4n) is 3.61. The summed E-state index contributed by atoms with van der Waals surface area (Å²) in [5.74, 6) is -0.185. The van der Waals surface area contributed by atoms with Gasteiger partial charge in [0.25, 0.3) is 5.56 Å². The van der Waals surface area contributed by atoms with Gasteiger partial charge in [-0.25, -0.2) is 9.37 Å². The van der Waals surface area contributed by atoms with Crippen molar-refractivity contribution in [2.24, 2.45) is 0 Å². The summed E-state index contributed by atoms with van der Waals surface area (Å²) < 4.78 is 14.3. The summed E-state index contributed by atoms with van der Waals surface area (Å²) in [6.07, 6.45) is 0. The second-order valence-electron chi connectivity index (χ2n) is 7.06. The SMILES string of the molecule is Nc1c(-c2nc3ccc(CNc4ccccc4)cc3[nH]2)c(=O)[nH]c2cccc(F)c12. The van der Waals surface area contributed by atoms with Gasteiger partial charge in [0, 0.05) is 12.2 Å². The van der Waals surface area contributed by atoms with E-state index in [1.807, 2.05) is 48.5 Å². The van der Waals surface area contributed by atoms with Crippen molar-refractivity contribution in [3.63, 3.8) is 0 Å². The van der Waals surface area contributed by atoms with E-state index in [-0.39, 0.29) is 16.6 Å². The molecule has 3 aromatic carbocycles. The highest BCUT2D eigenvalue weighted by atomic mass is 19.1. The van der Waals surface area contributed by atoms with Crippen molar-refractivity contribution in [2.75, 3.05) is 11.1 Å². The molecule has 0 fully saturated rings. The molecule has 30 heavy (non-hydrogen) atoms. The van der Waals surface area contributed by atoms with Crippen LogP contribution in [0.2, 0.25) is 0 Å². The number of hydrogen-bond acceptors (Lipinski definition) is 4. The number of rotatable bonds is 4. The molecule has 0 radical (unpaired) electrons. The summed E-state index contributed by atoms with van der Waals surface area (Å²) in [4.78, 5) is 23.0. The number of aromatic amines is 2. The number of halogens is 1. The lowest BCUT2D eigenvalue weighted by atomic mass is 10.1. The summed E-state index contributed by atoms with van der Waals surface area (Å²) in [5.41, 5.74) is 9.86. The first kappa shape index (κ1) is 17.9. The molecule has 0 saturated heterocycles. The second-order valence-corrected chi connectivity index (χ2v) is 7.06. The van der Waals surface area contributed by atoms with Crippen LogP contribution in [-0.4, -0.2) is 15.0 Å². The van der Waals surface area contributed by atoms with Gasteiger partial charge in [0.15, 0.2) is 0 Å². The molecule has 148 valence electrons. The Bertz CT molecular complexity index is 1440. The molecule has 0 aliphatic rings. The van der Waals surface area contributed by atoms with Crippen LogP contribution in [0.25, 0.3) is 33.3 Å². The zero-order chi connectivity index (χ0) is 20.7. The van der Waals surface area contributed by atoms with Crippen molar-refractivity contribution in [3.8, 4) is 11.4 Å². The van der Waals surface area contributed by atoms with E-state index >= 15 is 0 Å². The number of pyridine rings is 1. The van der Waals surface area contributed by atoms with E-state index in [4.69, 9.17) is 5.73 Å². The summed E-state index contributed by atoms with van der Waals surface area (Å²) in [6.45, 7) is 0.637. The third kappa shape index (κ3) is 3.06. The van der Waals surface area contributed by atoms with Crippen molar-refractivity contribution in [1.29, 1.82) is 0 Å². The predicted molar refractivity (Wildman–Crippen MR) is 118 cm³/mol. The highest BCUT2D eigenvalue weighted by Crippen LogP contribution is 2.30. The van der Waals surface area contributed by atoms with Crippen LogP contribution in [0, 0.1) is 5.82 Å². The standard InChI is InChI=1S/C23H18FN5O/c24-15-7-4-8-17-19(15)21(25)20(23(30)29-17)22-27-16-10-9-13(11-18(16)28-22)12-26-14-5-2-1-3-6-14/h1-11,26H,12H2,(H,27,28)(H3,25,29,30). The van der Waals surface area contributed by atoms with E-state index in [1.54, 1.807) is 6.07 Å².